The number of nitrogens with zero attached hydrogens (tertiary/aromatic N) is 4. The zero-order chi connectivity index (χ0) is 41.0. The molecule has 3 aliphatic rings. The number of amides is 4. The second-order valence-corrected chi connectivity index (χ2v) is 16.2. The molecule has 6 atom stereocenters. The van der Waals surface area contributed by atoms with Crippen molar-refractivity contribution in [1.29, 1.82) is 0 Å². The minimum atomic E-state index is -0.737. The molecule has 0 aliphatic carbocycles. The van der Waals surface area contributed by atoms with Gasteiger partial charge in [-0.3, -0.25) is 9.59 Å². The lowest BCUT2D eigenvalue weighted by Gasteiger charge is -2.30. The second kappa shape index (κ2) is 15.3. The van der Waals surface area contributed by atoms with Gasteiger partial charge in [0.05, 0.1) is 49.2 Å². The van der Waals surface area contributed by atoms with Gasteiger partial charge in [-0.2, -0.15) is 0 Å². The molecule has 15 heteroatoms. The van der Waals surface area contributed by atoms with Gasteiger partial charge in [0.15, 0.2) is 0 Å². The smallest absolute Gasteiger partial charge is 0.407 e. The van der Waals surface area contributed by atoms with Gasteiger partial charge in [0, 0.05) is 23.5 Å². The van der Waals surface area contributed by atoms with Crippen molar-refractivity contribution in [3.8, 4) is 28.1 Å². The number of aromatic nitrogens is 4. The number of hydrogen-bond donors (Lipinski definition) is 4. The number of H-pyrrole nitrogens is 2. The van der Waals surface area contributed by atoms with Crippen molar-refractivity contribution in [2.75, 3.05) is 20.8 Å². The zero-order valence-electron chi connectivity index (χ0n) is 33.8. The number of carbonyl (C=O) groups excluding carboxylic acids is 4. The van der Waals surface area contributed by atoms with Crippen molar-refractivity contribution in [2.45, 2.75) is 90.7 Å². The van der Waals surface area contributed by atoms with E-state index in [1.54, 1.807) is 13.1 Å². The van der Waals surface area contributed by atoms with Gasteiger partial charge < -0.3 is 44.6 Å². The van der Waals surface area contributed by atoms with E-state index in [1.165, 1.54) is 14.2 Å². The highest BCUT2D eigenvalue weighted by Crippen LogP contribution is 2.44. The lowest BCUT2D eigenvalue weighted by atomic mass is 9.92. The number of aromatic amines is 2. The number of ether oxygens (including phenoxy) is 3. The molecule has 304 valence electrons. The quantitative estimate of drug-likeness (QED) is 0.132. The summed E-state index contributed by atoms with van der Waals surface area (Å²) in [6.07, 6.45) is 2.85. The average Bonchev–Trinajstić information content (AvgIpc) is 4.04. The number of likely N-dealkylation sites (tertiary alicyclic amines) is 2. The molecule has 3 aliphatic heterocycles. The molecule has 2 fully saturated rings. The van der Waals surface area contributed by atoms with Crippen LogP contribution in [0.5, 0.6) is 5.75 Å². The van der Waals surface area contributed by atoms with Crippen LogP contribution in [-0.4, -0.2) is 92.6 Å². The summed E-state index contributed by atoms with van der Waals surface area (Å²) in [5, 5.41) is 7.28. The monoisotopic (exact) mass is 790 g/mol. The summed E-state index contributed by atoms with van der Waals surface area (Å²) < 4.78 is 15.9. The normalized spacial score (nSPS) is 21.0. The molecule has 0 radical (unpaired) electrons. The first-order chi connectivity index (χ1) is 27.8. The molecule has 4 N–H and O–H groups in total. The fraction of sp³-hybridized carbons (Fsp3) is 0.442. The SMILES string of the molecule is COC(=O)N[C@@H](C)C(=O)N1[C@@H](C)CC[C@H]1c1ncc(-c2ccc3c(c2)COc2cc4c(ccc5[nH]c([C@@H]6C[C@H](C)CN6C(=O)[C@@H](NC(=O)OC)C(C)C)nc54)cc2-3)[nH]1. The number of hydrogen-bond acceptors (Lipinski definition) is 9. The maximum absolute atomic E-state index is 13.9. The van der Waals surface area contributed by atoms with Crippen LogP contribution in [0, 0.1) is 11.8 Å². The first-order valence-electron chi connectivity index (χ1n) is 19.9. The largest absolute Gasteiger partial charge is 0.488 e. The van der Waals surface area contributed by atoms with Crippen LogP contribution in [0.15, 0.2) is 48.7 Å². The summed E-state index contributed by atoms with van der Waals surface area (Å²) in [6, 6.07) is 12.6. The Morgan fingerprint density at radius 2 is 1.66 bits per heavy atom. The fourth-order valence-corrected chi connectivity index (χ4v) is 8.86. The van der Waals surface area contributed by atoms with E-state index in [4.69, 9.17) is 24.2 Å². The number of fused-ring (bicyclic) bond motifs is 6. The Morgan fingerprint density at radius 3 is 2.41 bits per heavy atom. The molecule has 8 rings (SSSR count). The lowest BCUT2D eigenvalue weighted by molar-refractivity contribution is -0.136. The van der Waals surface area contributed by atoms with Crippen molar-refractivity contribution in [1.82, 2.24) is 40.4 Å². The van der Waals surface area contributed by atoms with Gasteiger partial charge in [-0.1, -0.05) is 39.0 Å². The Labute approximate surface area is 336 Å². The number of methoxy groups -OCH3 is 2. The maximum atomic E-state index is 13.9. The van der Waals surface area contributed by atoms with E-state index in [9.17, 15) is 19.2 Å². The molecule has 15 nitrogen and oxygen atoms in total. The number of alkyl carbamates (subject to hydrolysis) is 2. The molecular formula is C43H50N8O7. The van der Waals surface area contributed by atoms with Crippen molar-refractivity contribution in [2.24, 2.45) is 11.8 Å². The van der Waals surface area contributed by atoms with Crippen molar-refractivity contribution in [3.63, 3.8) is 0 Å². The van der Waals surface area contributed by atoms with E-state index in [0.29, 0.717) is 24.8 Å². The van der Waals surface area contributed by atoms with E-state index in [2.05, 4.69) is 63.9 Å². The van der Waals surface area contributed by atoms with Crippen LogP contribution in [0.2, 0.25) is 0 Å². The van der Waals surface area contributed by atoms with Gasteiger partial charge in [0.2, 0.25) is 11.8 Å². The third-order valence-corrected chi connectivity index (χ3v) is 11.9. The Hall–Kier alpha value is -6.12. The minimum Gasteiger partial charge on any atom is -0.488 e. The lowest BCUT2D eigenvalue weighted by Crippen LogP contribution is -2.51. The molecule has 58 heavy (non-hydrogen) atoms. The van der Waals surface area contributed by atoms with Crippen molar-refractivity contribution in [3.05, 3.63) is 65.9 Å². The molecule has 2 aromatic heterocycles. The molecule has 0 unspecified atom stereocenters. The summed E-state index contributed by atoms with van der Waals surface area (Å²) in [5.74, 6) is 1.97. The third kappa shape index (κ3) is 6.96. The molecule has 2 saturated heterocycles. The molecule has 0 bridgehead atoms. The summed E-state index contributed by atoms with van der Waals surface area (Å²) in [4.78, 5) is 71.7. The van der Waals surface area contributed by atoms with E-state index in [1.807, 2.05) is 36.6 Å². The van der Waals surface area contributed by atoms with Crippen LogP contribution in [0.3, 0.4) is 0 Å². The third-order valence-electron chi connectivity index (χ3n) is 11.9. The maximum Gasteiger partial charge on any atom is 0.407 e. The molecule has 5 aromatic rings. The summed E-state index contributed by atoms with van der Waals surface area (Å²) in [5.41, 5.74) is 6.58. The Bertz CT molecular complexity index is 2420. The summed E-state index contributed by atoms with van der Waals surface area (Å²) in [7, 11) is 2.57. The first kappa shape index (κ1) is 38.7. The van der Waals surface area contributed by atoms with E-state index in [0.717, 1.165) is 74.8 Å². The number of nitrogens with one attached hydrogen (secondary N) is 4. The molecule has 3 aromatic carbocycles. The zero-order valence-corrected chi connectivity index (χ0v) is 33.8. The number of rotatable bonds is 8. The van der Waals surface area contributed by atoms with E-state index < -0.39 is 24.3 Å². The van der Waals surface area contributed by atoms with Gasteiger partial charge in [-0.25, -0.2) is 19.6 Å². The van der Waals surface area contributed by atoms with Crippen LogP contribution < -0.4 is 15.4 Å². The van der Waals surface area contributed by atoms with Gasteiger partial charge in [-0.15, -0.1) is 0 Å². The highest BCUT2D eigenvalue weighted by Gasteiger charge is 2.41. The summed E-state index contributed by atoms with van der Waals surface area (Å²) >= 11 is 0. The minimum absolute atomic E-state index is 0.00541. The number of carbonyl (C=O) groups is 4. The first-order valence-corrected chi connectivity index (χ1v) is 19.9. The van der Waals surface area contributed by atoms with Gasteiger partial charge in [-0.05, 0) is 91.3 Å². The van der Waals surface area contributed by atoms with E-state index >= 15 is 0 Å². The Kier molecular flexibility index (Phi) is 10.2. The van der Waals surface area contributed by atoms with Crippen LogP contribution in [0.25, 0.3) is 44.2 Å². The Balaban J connectivity index is 1.05. The van der Waals surface area contributed by atoms with Crippen molar-refractivity contribution >= 4 is 45.8 Å². The predicted octanol–water partition coefficient (Wildman–Crippen LogP) is 6.75. The number of benzene rings is 3. The molecule has 0 spiro atoms. The molecule has 0 saturated carbocycles. The predicted molar refractivity (Wildman–Crippen MR) is 217 cm³/mol. The topological polar surface area (TPSA) is 184 Å². The summed E-state index contributed by atoms with van der Waals surface area (Å²) in [6.45, 7) is 10.5. The second-order valence-electron chi connectivity index (χ2n) is 16.2. The average molecular weight is 791 g/mol. The number of imidazole rings is 2. The van der Waals surface area contributed by atoms with Gasteiger partial charge in [0.1, 0.15) is 36.1 Å². The highest BCUT2D eigenvalue weighted by molar-refractivity contribution is 6.07. The molecular weight excluding hydrogens is 741 g/mol. The highest BCUT2D eigenvalue weighted by atomic mass is 16.5. The van der Waals surface area contributed by atoms with Crippen molar-refractivity contribution < 1.29 is 33.4 Å². The van der Waals surface area contributed by atoms with Gasteiger partial charge >= 0.3 is 12.2 Å². The van der Waals surface area contributed by atoms with Gasteiger partial charge in [0.25, 0.3) is 0 Å². The molecule has 4 amide bonds. The van der Waals surface area contributed by atoms with Crippen LogP contribution in [0.1, 0.15) is 83.2 Å². The fourth-order valence-electron chi connectivity index (χ4n) is 8.86. The Morgan fingerprint density at radius 1 is 0.879 bits per heavy atom. The van der Waals surface area contributed by atoms with E-state index in [-0.39, 0.29) is 41.8 Å². The van der Waals surface area contributed by atoms with Crippen LogP contribution in [-0.2, 0) is 25.7 Å². The standard InChI is InChI=1S/C43H50N8O7/c1-21(2)36(49-43(55)57-7)41(53)50-19-22(3)14-34(50)39-46-31-12-10-25-16-30-28-11-9-26(15-27(28)20-58-35(30)17-29(25)37(31)48-39)32-18-44-38(47-32)33-13-8-23(4)51(33)40(52)24(5)45-42(54)56-6/h9-12,15-18,21-24,33-34,36H,8,13-14,19-20H2,1-7H3,(H,44,47)(H,45,54)(H,46,48)(H,49,55)/t22-,23-,24-,33-,34-,36-/m0/s1. The van der Waals surface area contributed by atoms with Crippen LogP contribution >= 0.6 is 0 Å². The molecule has 5 heterocycles. The van der Waals surface area contributed by atoms with Crippen LogP contribution in [0.4, 0.5) is 9.59 Å².